The predicted octanol–water partition coefficient (Wildman–Crippen LogP) is 5.09. The van der Waals surface area contributed by atoms with Gasteiger partial charge >= 0.3 is 6.17 Å². The predicted molar refractivity (Wildman–Crippen MR) is 91.0 cm³/mol. The first-order chi connectivity index (χ1) is 11.7. The largest absolute Gasteiger partial charge is 0.534 e. The SMILES string of the molecule is [C-]#[N+]C([N+]#[C-])c1nc(N=Nc2cc(C)ns2)c(-c2ccccc2)[nH]1. The maximum absolute atomic E-state index is 7.11. The Hall–Kier alpha value is -3.36. The molecule has 1 aromatic carbocycles. The molecule has 7 nitrogen and oxygen atoms in total. The number of aromatic nitrogens is 3. The summed E-state index contributed by atoms with van der Waals surface area (Å²) in [6.45, 7) is 16.1. The lowest BCUT2D eigenvalue weighted by molar-refractivity contribution is 0.938. The number of imidazole rings is 1. The summed E-state index contributed by atoms with van der Waals surface area (Å²) in [4.78, 5) is 13.9. The number of hydrogen-bond acceptors (Lipinski definition) is 5. The minimum Gasteiger partial charge on any atom is -0.326 e. The molecule has 0 amide bonds. The number of benzene rings is 1. The normalized spacial score (nSPS) is 10.8. The summed E-state index contributed by atoms with van der Waals surface area (Å²) < 4.78 is 4.15. The molecule has 0 radical (unpaired) electrons. The van der Waals surface area contributed by atoms with E-state index in [0.29, 0.717) is 16.5 Å². The van der Waals surface area contributed by atoms with E-state index in [9.17, 15) is 0 Å². The van der Waals surface area contributed by atoms with Gasteiger partial charge < -0.3 is 4.98 Å². The molecule has 2 heterocycles. The van der Waals surface area contributed by atoms with Gasteiger partial charge in [0.15, 0.2) is 5.00 Å². The highest BCUT2D eigenvalue weighted by Crippen LogP contribution is 2.32. The van der Waals surface area contributed by atoms with Gasteiger partial charge in [-0.3, -0.25) is 0 Å². The molecule has 0 saturated carbocycles. The van der Waals surface area contributed by atoms with Crippen molar-refractivity contribution in [1.29, 1.82) is 0 Å². The number of H-pyrrole nitrogens is 1. The maximum atomic E-state index is 7.11. The summed E-state index contributed by atoms with van der Waals surface area (Å²) >= 11 is 1.25. The molecule has 0 aliphatic heterocycles. The first-order valence-electron chi connectivity index (χ1n) is 6.95. The number of hydrogen-bond donors (Lipinski definition) is 1. The van der Waals surface area contributed by atoms with Gasteiger partial charge in [-0.05, 0) is 24.5 Å². The number of nitrogens with zero attached hydrogens (tertiary/aromatic N) is 6. The lowest BCUT2D eigenvalue weighted by Gasteiger charge is -1.97. The molecule has 3 rings (SSSR count). The van der Waals surface area contributed by atoms with Gasteiger partial charge in [-0.25, -0.2) is 22.8 Å². The maximum Gasteiger partial charge on any atom is 0.534 e. The lowest BCUT2D eigenvalue weighted by atomic mass is 10.1. The molecule has 0 aliphatic rings. The number of aryl methyl sites for hydroxylation is 1. The third-order valence-electron chi connectivity index (χ3n) is 3.11. The summed E-state index contributed by atoms with van der Waals surface area (Å²) in [5.41, 5.74) is 2.37. The average Bonchev–Trinajstić information content (AvgIpc) is 3.21. The van der Waals surface area contributed by atoms with Gasteiger partial charge in [0, 0.05) is 5.56 Å². The number of aromatic amines is 1. The zero-order valence-corrected chi connectivity index (χ0v) is 13.4. The van der Waals surface area contributed by atoms with Crippen molar-refractivity contribution in [2.75, 3.05) is 0 Å². The molecule has 24 heavy (non-hydrogen) atoms. The van der Waals surface area contributed by atoms with Gasteiger partial charge in [-0.15, -0.1) is 10.2 Å². The molecule has 0 aliphatic carbocycles. The van der Waals surface area contributed by atoms with Crippen LogP contribution in [0, 0.1) is 20.1 Å². The van der Waals surface area contributed by atoms with Crippen LogP contribution in [0.4, 0.5) is 10.8 Å². The van der Waals surface area contributed by atoms with Gasteiger partial charge in [0.1, 0.15) is 0 Å². The molecule has 1 N–H and O–H groups in total. The quantitative estimate of drug-likeness (QED) is 0.533. The van der Waals surface area contributed by atoms with Crippen LogP contribution in [0.3, 0.4) is 0 Å². The minimum absolute atomic E-state index is 0.272. The van der Waals surface area contributed by atoms with Gasteiger partial charge in [0.25, 0.3) is 5.82 Å². The Morgan fingerprint density at radius 1 is 1.17 bits per heavy atom. The Morgan fingerprint density at radius 2 is 1.92 bits per heavy atom. The lowest BCUT2D eigenvalue weighted by Crippen LogP contribution is -1.89. The third kappa shape index (κ3) is 3.19. The smallest absolute Gasteiger partial charge is 0.326 e. The van der Waals surface area contributed by atoms with Crippen molar-refractivity contribution >= 4 is 22.4 Å². The Morgan fingerprint density at radius 3 is 2.54 bits per heavy atom. The van der Waals surface area contributed by atoms with Crippen molar-refractivity contribution in [1.82, 2.24) is 14.3 Å². The van der Waals surface area contributed by atoms with E-state index in [-0.39, 0.29) is 5.82 Å². The molecule has 0 spiro atoms. The van der Waals surface area contributed by atoms with E-state index in [4.69, 9.17) is 13.1 Å². The molecule has 0 fully saturated rings. The monoisotopic (exact) mass is 333 g/mol. The van der Waals surface area contributed by atoms with Crippen LogP contribution in [0.5, 0.6) is 0 Å². The van der Waals surface area contributed by atoms with Crippen molar-refractivity contribution < 1.29 is 0 Å². The van der Waals surface area contributed by atoms with E-state index < -0.39 is 6.17 Å². The zero-order chi connectivity index (χ0) is 16.9. The second-order valence-corrected chi connectivity index (χ2v) is 5.61. The summed E-state index contributed by atoms with van der Waals surface area (Å²) in [6.07, 6.45) is -1.01. The number of nitrogens with one attached hydrogen (secondary N) is 1. The fourth-order valence-electron chi connectivity index (χ4n) is 2.03. The summed E-state index contributed by atoms with van der Waals surface area (Å²) in [5, 5.41) is 9.01. The van der Waals surface area contributed by atoms with Crippen LogP contribution >= 0.6 is 11.5 Å². The van der Waals surface area contributed by atoms with E-state index >= 15 is 0 Å². The Labute approximate surface area is 142 Å². The van der Waals surface area contributed by atoms with Crippen LogP contribution < -0.4 is 0 Å². The van der Waals surface area contributed by atoms with Gasteiger partial charge in [-0.1, -0.05) is 30.3 Å². The summed E-state index contributed by atoms with van der Waals surface area (Å²) in [7, 11) is 0. The molecule has 0 atom stereocenters. The van der Waals surface area contributed by atoms with Crippen molar-refractivity contribution in [2.24, 2.45) is 10.2 Å². The van der Waals surface area contributed by atoms with Crippen molar-refractivity contribution in [3.05, 3.63) is 70.8 Å². The molecule has 116 valence electrons. The summed E-state index contributed by atoms with van der Waals surface area (Å²) in [5.74, 6) is 0.618. The molecule has 0 saturated heterocycles. The van der Waals surface area contributed by atoms with Gasteiger partial charge in [-0.2, -0.15) is 9.36 Å². The zero-order valence-electron chi connectivity index (χ0n) is 12.6. The van der Waals surface area contributed by atoms with E-state index in [1.165, 1.54) is 11.5 Å². The topological polar surface area (TPSA) is 75.0 Å². The van der Waals surface area contributed by atoms with E-state index in [2.05, 4.69) is 34.3 Å². The summed E-state index contributed by atoms with van der Waals surface area (Å²) in [6, 6.07) is 11.3. The fraction of sp³-hybridized carbons (Fsp3) is 0.125. The van der Waals surface area contributed by atoms with E-state index in [1.54, 1.807) is 0 Å². The molecule has 3 aromatic rings. The highest BCUT2D eigenvalue weighted by molar-refractivity contribution is 7.09. The molecular weight excluding hydrogens is 322 g/mol. The molecule has 2 aromatic heterocycles. The first kappa shape index (κ1) is 15.5. The Bertz CT molecular complexity index is 942. The Kier molecular flexibility index (Phi) is 4.41. The van der Waals surface area contributed by atoms with Gasteiger partial charge in [0.05, 0.1) is 11.4 Å². The van der Waals surface area contributed by atoms with Crippen LogP contribution in [0.2, 0.25) is 0 Å². The van der Waals surface area contributed by atoms with Crippen LogP contribution in [0.25, 0.3) is 20.9 Å². The highest BCUT2D eigenvalue weighted by atomic mass is 32.1. The standard InChI is InChI=1S/C16H11N7S/c1-10-9-12(24-23-10)21-22-14-13(11-7-5-4-6-8-11)19-16(20-14)15(17-2)18-3/h4-9,15H,1H3,(H,19,20). The van der Waals surface area contributed by atoms with E-state index in [1.807, 2.05) is 43.3 Å². The van der Waals surface area contributed by atoms with Crippen LogP contribution in [0.15, 0.2) is 46.6 Å². The van der Waals surface area contributed by atoms with Crippen molar-refractivity contribution in [3.63, 3.8) is 0 Å². The van der Waals surface area contributed by atoms with Crippen molar-refractivity contribution in [3.8, 4) is 11.3 Å². The first-order valence-corrected chi connectivity index (χ1v) is 7.72. The van der Waals surface area contributed by atoms with E-state index in [0.717, 1.165) is 11.3 Å². The number of azo groups is 1. The minimum atomic E-state index is -1.01. The van der Waals surface area contributed by atoms with Crippen LogP contribution in [-0.2, 0) is 0 Å². The average molecular weight is 333 g/mol. The third-order valence-corrected chi connectivity index (χ3v) is 3.88. The van der Waals surface area contributed by atoms with Gasteiger partial charge in [0.2, 0.25) is 5.82 Å². The second kappa shape index (κ2) is 6.82. The second-order valence-electron chi connectivity index (χ2n) is 4.83. The highest BCUT2D eigenvalue weighted by Gasteiger charge is 2.27. The molecule has 0 bridgehead atoms. The fourth-order valence-corrected chi connectivity index (χ4v) is 2.62. The number of rotatable bonds is 4. The molecule has 0 unspecified atom stereocenters. The molecule has 8 heteroatoms. The Balaban J connectivity index is 2.04. The van der Waals surface area contributed by atoms with Crippen LogP contribution in [-0.4, -0.2) is 14.3 Å². The van der Waals surface area contributed by atoms with Crippen LogP contribution in [0.1, 0.15) is 17.7 Å². The van der Waals surface area contributed by atoms with Crippen molar-refractivity contribution in [2.45, 2.75) is 13.1 Å². The molecular formula is C16H11N7S.